The highest BCUT2D eigenvalue weighted by Crippen LogP contribution is 2.15. The SMILES string of the molecule is CC(C)c1cc(C(=O)NCc2n[nH]c(=O)c3ccccc23)n(C)n1. The van der Waals surface area contributed by atoms with Crippen molar-refractivity contribution in [1.82, 2.24) is 25.3 Å². The van der Waals surface area contributed by atoms with Crippen molar-refractivity contribution in [2.75, 3.05) is 0 Å². The lowest BCUT2D eigenvalue weighted by atomic mass is 10.1. The Morgan fingerprint density at radius 2 is 2.00 bits per heavy atom. The van der Waals surface area contributed by atoms with Crippen LogP contribution >= 0.6 is 0 Å². The quantitative estimate of drug-likeness (QED) is 0.764. The minimum Gasteiger partial charge on any atom is -0.345 e. The van der Waals surface area contributed by atoms with Crippen LogP contribution in [0.4, 0.5) is 0 Å². The zero-order chi connectivity index (χ0) is 17.3. The van der Waals surface area contributed by atoms with Gasteiger partial charge in [0.2, 0.25) is 0 Å². The Hall–Kier alpha value is -2.96. The lowest BCUT2D eigenvalue weighted by Crippen LogP contribution is -2.26. The summed E-state index contributed by atoms with van der Waals surface area (Å²) in [5.74, 6) is 0.0246. The first kappa shape index (κ1) is 15.9. The molecule has 7 nitrogen and oxygen atoms in total. The minimum atomic E-state index is -0.242. The Labute approximate surface area is 138 Å². The number of hydrogen-bond donors (Lipinski definition) is 2. The highest BCUT2D eigenvalue weighted by molar-refractivity contribution is 5.93. The smallest absolute Gasteiger partial charge is 0.272 e. The summed E-state index contributed by atoms with van der Waals surface area (Å²) in [4.78, 5) is 24.2. The minimum absolute atomic E-state index is 0.221. The zero-order valence-corrected chi connectivity index (χ0v) is 13.8. The molecule has 1 aromatic carbocycles. The molecule has 0 aliphatic heterocycles. The normalized spacial score (nSPS) is 11.2. The monoisotopic (exact) mass is 325 g/mol. The largest absolute Gasteiger partial charge is 0.345 e. The molecular formula is C17H19N5O2. The van der Waals surface area contributed by atoms with E-state index >= 15 is 0 Å². The fraction of sp³-hybridized carbons (Fsp3) is 0.294. The maximum atomic E-state index is 12.4. The molecule has 7 heteroatoms. The number of aryl methyl sites for hydroxylation is 1. The summed E-state index contributed by atoms with van der Waals surface area (Å²) in [5, 5.41) is 15.0. The number of rotatable bonds is 4. The lowest BCUT2D eigenvalue weighted by Gasteiger charge is -2.07. The standard InChI is InChI=1S/C17H19N5O2/c1-10(2)13-8-15(22(3)21-13)17(24)18-9-14-11-6-4-5-7-12(11)16(23)20-19-14/h4-8,10H,9H2,1-3H3,(H,18,24)(H,20,23). The molecule has 3 rings (SSSR count). The Morgan fingerprint density at radius 3 is 2.67 bits per heavy atom. The van der Waals surface area contributed by atoms with Crippen LogP contribution in [0.2, 0.25) is 0 Å². The predicted octanol–water partition coefficient (Wildman–Crippen LogP) is 1.71. The second-order valence-electron chi connectivity index (χ2n) is 5.96. The fourth-order valence-electron chi connectivity index (χ4n) is 2.54. The molecule has 0 bridgehead atoms. The van der Waals surface area contributed by atoms with E-state index in [2.05, 4.69) is 20.6 Å². The van der Waals surface area contributed by atoms with Gasteiger partial charge >= 0.3 is 0 Å². The Bertz CT molecular complexity index is 955. The number of hydrogen-bond acceptors (Lipinski definition) is 4. The van der Waals surface area contributed by atoms with Gasteiger partial charge in [-0.1, -0.05) is 32.0 Å². The molecule has 0 atom stereocenters. The molecule has 2 aromatic heterocycles. The zero-order valence-electron chi connectivity index (χ0n) is 13.8. The number of benzene rings is 1. The molecule has 2 heterocycles. The van der Waals surface area contributed by atoms with Crippen molar-refractivity contribution < 1.29 is 4.79 Å². The molecule has 0 saturated carbocycles. The van der Waals surface area contributed by atoms with Crippen molar-refractivity contribution in [3.05, 3.63) is 57.8 Å². The molecule has 0 saturated heterocycles. The number of nitrogens with zero attached hydrogens (tertiary/aromatic N) is 3. The molecule has 1 amide bonds. The van der Waals surface area contributed by atoms with Crippen molar-refractivity contribution in [3.8, 4) is 0 Å². The molecule has 0 spiro atoms. The summed E-state index contributed by atoms with van der Waals surface area (Å²) in [6, 6.07) is 8.98. The van der Waals surface area contributed by atoms with Crippen molar-refractivity contribution in [3.63, 3.8) is 0 Å². The molecular weight excluding hydrogens is 306 g/mol. The fourth-order valence-corrected chi connectivity index (χ4v) is 2.54. The second kappa shape index (κ2) is 6.27. The Balaban J connectivity index is 1.83. The number of nitrogens with one attached hydrogen (secondary N) is 2. The van der Waals surface area contributed by atoms with Crippen LogP contribution in [0.1, 0.15) is 41.6 Å². The first-order valence-electron chi connectivity index (χ1n) is 7.76. The third-order valence-electron chi connectivity index (χ3n) is 3.91. The van der Waals surface area contributed by atoms with Crippen molar-refractivity contribution in [2.45, 2.75) is 26.3 Å². The van der Waals surface area contributed by atoms with Gasteiger partial charge in [-0.05, 0) is 18.1 Å². The van der Waals surface area contributed by atoms with Crippen molar-refractivity contribution >= 4 is 16.7 Å². The highest BCUT2D eigenvalue weighted by atomic mass is 16.2. The van der Waals surface area contributed by atoms with Gasteiger partial charge in [-0.3, -0.25) is 14.3 Å². The van der Waals surface area contributed by atoms with Gasteiger partial charge in [0.25, 0.3) is 11.5 Å². The highest BCUT2D eigenvalue weighted by Gasteiger charge is 2.15. The summed E-state index contributed by atoms with van der Waals surface area (Å²) >= 11 is 0. The van der Waals surface area contributed by atoms with Crippen LogP contribution in [-0.4, -0.2) is 25.9 Å². The van der Waals surface area contributed by atoms with Crippen molar-refractivity contribution in [2.24, 2.45) is 7.05 Å². The predicted molar refractivity (Wildman–Crippen MR) is 90.8 cm³/mol. The maximum Gasteiger partial charge on any atom is 0.272 e. The molecule has 3 aromatic rings. The summed E-state index contributed by atoms with van der Waals surface area (Å²) in [5.41, 5.74) is 1.74. The molecule has 0 aliphatic carbocycles. The van der Waals surface area contributed by atoms with Crippen LogP contribution < -0.4 is 10.9 Å². The summed E-state index contributed by atoms with van der Waals surface area (Å²) in [7, 11) is 1.74. The number of carbonyl (C=O) groups is 1. The second-order valence-corrected chi connectivity index (χ2v) is 5.96. The van der Waals surface area contributed by atoms with Crippen LogP contribution in [-0.2, 0) is 13.6 Å². The summed E-state index contributed by atoms with van der Waals surface area (Å²) in [6.07, 6.45) is 0. The van der Waals surface area contributed by atoms with E-state index in [-0.39, 0.29) is 23.9 Å². The van der Waals surface area contributed by atoms with Crippen LogP contribution in [0.15, 0.2) is 35.1 Å². The van der Waals surface area contributed by atoms with Gasteiger partial charge in [-0.15, -0.1) is 0 Å². The lowest BCUT2D eigenvalue weighted by molar-refractivity contribution is 0.0941. The maximum absolute atomic E-state index is 12.4. The summed E-state index contributed by atoms with van der Waals surface area (Å²) in [6.45, 7) is 4.28. The first-order valence-corrected chi connectivity index (χ1v) is 7.76. The van der Waals surface area contributed by atoms with Gasteiger partial charge in [-0.2, -0.15) is 10.2 Å². The van der Waals surface area contributed by atoms with Crippen LogP contribution in [0.3, 0.4) is 0 Å². The van der Waals surface area contributed by atoms with Gasteiger partial charge < -0.3 is 5.32 Å². The van der Waals surface area contributed by atoms with Gasteiger partial charge in [0.1, 0.15) is 5.69 Å². The summed E-state index contributed by atoms with van der Waals surface area (Å²) < 4.78 is 1.57. The molecule has 24 heavy (non-hydrogen) atoms. The van der Waals surface area contributed by atoms with Crippen LogP contribution in [0, 0.1) is 0 Å². The first-order chi connectivity index (χ1) is 11.5. The number of aromatic nitrogens is 4. The van der Waals surface area contributed by atoms with E-state index in [4.69, 9.17) is 0 Å². The Kier molecular flexibility index (Phi) is 4.16. The van der Waals surface area contributed by atoms with E-state index in [1.165, 1.54) is 0 Å². The molecule has 2 N–H and O–H groups in total. The average molecular weight is 325 g/mol. The Morgan fingerprint density at radius 1 is 1.29 bits per heavy atom. The molecule has 0 aliphatic rings. The van der Waals surface area contributed by atoms with E-state index in [1.807, 2.05) is 26.0 Å². The van der Waals surface area contributed by atoms with Crippen LogP contribution in [0.5, 0.6) is 0 Å². The molecule has 0 unspecified atom stereocenters. The number of amides is 1. The van der Waals surface area contributed by atoms with Gasteiger partial charge in [0, 0.05) is 12.4 Å². The number of fused-ring (bicyclic) bond motifs is 1. The molecule has 124 valence electrons. The number of aromatic amines is 1. The van der Waals surface area contributed by atoms with Crippen LogP contribution in [0.25, 0.3) is 10.8 Å². The topological polar surface area (TPSA) is 92.7 Å². The van der Waals surface area contributed by atoms with Gasteiger partial charge in [0.15, 0.2) is 0 Å². The third kappa shape index (κ3) is 2.92. The van der Waals surface area contributed by atoms with E-state index in [0.717, 1.165) is 11.1 Å². The van der Waals surface area contributed by atoms with E-state index in [0.29, 0.717) is 16.8 Å². The van der Waals surface area contributed by atoms with Gasteiger partial charge in [-0.25, -0.2) is 5.10 Å². The van der Waals surface area contributed by atoms with Gasteiger partial charge in [0.05, 0.1) is 23.3 Å². The van der Waals surface area contributed by atoms with E-state index in [9.17, 15) is 9.59 Å². The molecule has 0 radical (unpaired) electrons. The van der Waals surface area contributed by atoms with Crippen molar-refractivity contribution in [1.29, 1.82) is 0 Å². The van der Waals surface area contributed by atoms with E-state index in [1.54, 1.807) is 29.9 Å². The average Bonchev–Trinajstić information content (AvgIpc) is 2.96. The molecule has 0 fully saturated rings. The number of carbonyl (C=O) groups excluding carboxylic acids is 1. The van der Waals surface area contributed by atoms with E-state index < -0.39 is 0 Å². The number of H-pyrrole nitrogens is 1. The third-order valence-corrected chi connectivity index (χ3v) is 3.91.